The third-order valence-electron chi connectivity index (χ3n) is 3.87. The van der Waals surface area contributed by atoms with Gasteiger partial charge in [0.1, 0.15) is 5.69 Å². The van der Waals surface area contributed by atoms with Crippen molar-refractivity contribution in [1.29, 1.82) is 0 Å². The van der Waals surface area contributed by atoms with Crippen LogP contribution in [0.4, 0.5) is 0 Å². The zero-order valence-corrected chi connectivity index (χ0v) is 13.8. The summed E-state index contributed by atoms with van der Waals surface area (Å²) < 4.78 is 0. The van der Waals surface area contributed by atoms with Crippen molar-refractivity contribution in [1.82, 2.24) is 10.3 Å². The molecule has 0 saturated carbocycles. The van der Waals surface area contributed by atoms with Crippen molar-refractivity contribution in [3.8, 4) is 0 Å². The number of aryl methyl sites for hydroxylation is 1. The summed E-state index contributed by atoms with van der Waals surface area (Å²) in [6.45, 7) is 8.34. The largest absolute Gasteiger partial charge is 0.348 e. The summed E-state index contributed by atoms with van der Waals surface area (Å²) in [5.74, 6) is -0.111. The molecular formula is C19H24N2O. The molecule has 0 aliphatic carbocycles. The normalized spacial score (nSPS) is 12.7. The van der Waals surface area contributed by atoms with Crippen LogP contribution in [-0.2, 0) is 5.41 Å². The van der Waals surface area contributed by atoms with Gasteiger partial charge in [-0.1, -0.05) is 50.2 Å². The summed E-state index contributed by atoms with van der Waals surface area (Å²) in [6.07, 6.45) is 0.870. The molecule has 1 aromatic carbocycles. The van der Waals surface area contributed by atoms with Crippen LogP contribution in [0.1, 0.15) is 48.9 Å². The van der Waals surface area contributed by atoms with Gasteiger partial charge in [-0.15, -0.1) is 0 Å². The van der Waals surface area contributed by atoms with Crippen LogP contribution in [0.25, 0.3) is 0 Å². The van der Waals surface area contributed by atoms with Crippen molar-refractivity contribution in [2.45, 2.75) is 45.6 Å². The summed E-state index contributed by atoms with van der Waals surface area (Å²) in [4.78, 5) is 16.5. The zero-order valence-electron chi connectivity index (χ0n) is 13.8. The summed E-state index contributed by atoms with van der Waals surface area (Å²) >= 11 is 0. The Balaban J connectivity index is 2.00. The highest BCUT2D eigenvalue weighted by molar-refractivity contribution is 5.92. The number of benzene rings is 1. The molecule has 2 rings (SSSR count). The summed E-state index contributed by atoms with van der Waals surface area (Å²) in [5.41, 5.74) is 2.62. The lowest BCUT2D eigenvalue weighted by atomic mass is 9.79. The molecular weight excluding hydrogens is 272 g/mol. The molecule has 1 amide bonds. The number of nitrogens with one attached hydrogen (secondary N) is 1. The molecule has 0 aliphatic rings. The Morgan fingerprint density at radius 3 is 2.45 bits per heavy atom. The highest BCUT2D eigenvalue weighted by atomic mass is 16.1. The fourth-order valence-corrected chi connectivity index (χ4v) is 2.79. The van der Waals surface area contributed by atoms with Gasteiger partial charge < -0.3 is 5.32 Å². The molecule has 3 heteroatoms. The number of rotatable bonds is 5. The first-order valence-corrected chi connectivity index (χ1v) is 7.68. The maximum absolute atomic E-state index is 12.3. The van der Waals surface area contributed by atoms with Crippen LogP contribution in [0.3, 0.4) is 0 Å². The molecule has 0 saturated heterocycles. The van der Waals surface area contributed by atoms with Crippen molar-refractivity contribution in [3.05, 3.63) is 65.5 Å². The molecule has 3 nitrogen and oxygen atoms in total. The molecule has 1 unspecified atom stereocenters. The number of pyridine rings is 1. The van der Waals surface area contributed by atoms with E-state index in [0.717, 1.165) is 12.1 Å². The van der Waals surface area contributed by atoms with E-state index in [-0.39, 0.29) is 17.4 Å². The molecule has 0 spiro atoms. The Labute approximate surface area is 132 Å². The minimum atomic E-state index is -0.111. The van der Waals surface area contributed by atoms with Crippen molar-refractivity contribution >= 4 is 5.91 Å². The second-order valence-electron chi connectivity index (χ2n) is 6.49. The van der Waals surface area contributed by atoms with Crippen LogP contribution >= 0.6 is 0 Å². The lowest BCUT2D eigenvalue weighted by Crippen LogP contribution is -2.37. The summed E-state index contributed by atoms with van der Waals surface area (Å²) in [7, 11) is 0. The standard InChI is InChI=1S/C19H24N2O/c1-14-9-8-12-17(20-14)18(22)21-15(2)13-19(3,4)16-10-6-5-7-11-16/h5-12,15H,13H2,1-4H3,(H,21,22). The van der Waals surface area contributed by atoms with E-state index in [2.05, 4.69) is 48.4 Å². The Morgan fingerprint density at radius 2 is 1.82 bits per heavy atom. The average molecular weight is 296 g/mol. The minimum Gasteiger partial charge on any atom is -0.348 e. The predicted octanol–water partition coefficient (Wildman–Crippen LogP) is 3.88. The van der Waals surface area contributed by atoms with Gasteiger partial charge in [0, 0.05) is 11.7 Å². The van der Waals surface area contributed by atoms with Gasteiger partial charge in [0.25, 0.3) is 5.91 Å². The molecule has 0 bridgehead atoms. The second-order valence-corrected chi connectivity index (χ2v) is 6.49. The molecule has 1 N–H and O–H groups in total. The number of carbonyl (C=O) groups is 1. The monoisotopic (exact) mass is 296 g/mol. The summed E-state index contributed by atoms with van der Waals surface area (Å²) in [6, 6.07) is 16.0. The van der Waals surface area contributed by atoms with Gasteiger partial charge in [-0.25, -0.2) is 4.98 Å². The van der Waals surface area contributed by atoms with Gasteiger partial charge in [-0.2, -0.15) is 0 Å². The molecule has 1 aromatic heterocycles. The fourth-order valence-electron chi connectivity index (χ4n) is 2.79. The maximum Gasteiger partial charge on any atom is 0.270 e. The van der Waals surface area contributed by atoms with Gasteiger partial charge in [-0.3, -0.25) is 4.79 Å². The number of nitrogens with zero attached hydrogens (tertiary/aromatic N) is 1. The Bertz CT molecular complexity index is 635. The Hall–Kier alpha value is -2.16. The first-order chi connectivity index (χ1) is 10.4. The SMILES string of the molecule is Cc1cccc(C(=O)NC(C)CC(C)(C)c2ccccc2)n1. The van der Waals surface area contributed by atoms with Crippen molar-refractivity contribution in [2.24, 2.45) is 0 Å². The van der Waals surface area contributed by atoms with E-state index in [1.54, 1.807) is 6.07 Å². The van der Waals surface area contributed by atoms with Crippen molar-refractivity contribution < 1.29 is 4.79 Å². The van der Waals surface area contributed by atoms with Crippen LogP contribution in [0, 0.1) is 6.92 Å². The van der Waals surface area contributed by atoms with Gasteiger partial charge in [0.15, 0.2) is 0 Å². The minimum absolute atomic E-state index is 0.00793. The molecule has 22 heavy (non-hydrogen) atoms. The smallest absolute Gasteiger partial charge is 0.270 e. The lowest BCUT2D eigenvalue weighted by molar-refractivity contribution is 0.0929. The number of aromatic nitrogens is 1. The van der Waals surface area contributed by atoms with Gasteiger partial charge >= 0.3 is 0 Å². The highest BCUT2D eigenvalue weighted by Crippen LogP contribution is 2.28. The number of carbonyl (C=O) groups excluding carboxylic acids is 1. The lowest BCUT2D eigenvalue weighted by Gasteiger charge is -2.29. The molecule has 1 atom stereocenters. The quantitative estimate of drug-likeness (QED) is 0.910. The van der Waals surface area contributed by atoms with Gasteiger partial charge in [0.2, 0.25) is 0 Å². The van der Waals surface area contributed by atoms with E-state index in [0.29, 0.717) is 5.69 Å². The molecule has 116 valence electrons. The number of amides is 1. The van der Waals surface area contributed by atoms with E-state index in [1.165, 1.54) is 5.56 Å². The van der Waals surface area contributed by atoms with E-state index in [4.69, 9.17) is 0 Å². The summed E-state index contributed by atoms with van der Waals surface area (Å²) in [5, 5.41) is 3.05. The van der Waals surface area contributed by atoms with E-state index in [1.807, 2.05) is 32.0 Å². The van der Waals surface area contributed by atoms with Crippen LogP contribution in [0.15, 0.2) is 48.5 Å². The predicted molar refractivity (Wildman–Crippen MR) is 90.0 cm³/mol. The molecule has 0 aliphatic heterocycles. The highest BCUT2D eigenvalue weighted by Gasteiger charge is 2.24. The van der Waals surface area contributed by atoms with Gasteiger partial charge in [0.05, 0.1) is 0 Å². The maximum atomic E-state index is 12.3. The average Bonchev–Trinajstić information content (AvgIpc) is 2.47. The van der Waals surface area contributed by atoms with Crippen LogP contribution < -0.4 is 5.32 Å². The molecule has 0 radical (unpaired) electrons. The third-order valence-corrected chi connectivity index (χ3v) is 3.87. The topological polar surface area (TPSA) is 42.0 Å². The molecule has 0 fully saturated rings. The number of hydrogen-bond donors (Lipinski definition) is 1. The number of hydrogen-bond acceptors (Lipinski definition) is 2. The van der Waals surface area contributed by atoms with Crippen molar-refractivity contribution in [3.63, 3.8) is 0 Å². The first kappa shape index (κ1) is 16.2. The van der Waals surface area contributed by atoms with Crippen LogP contribution in [0.2, 0.25) is 0 Å². The zero-order chi connectivity index (χ0) is 16.2. The van der Waals surface area contributed by atoms with Crippen molar-refractivity contribution in [2.75, 3.05) is 0 Å². The van der Waals surface area contributed by atoms with Gasteiger partial charge in [-0.05, 0) is 43.4 Å². The van der Waals surface area contributed by atoms with E-state index < -0.39 is 0 Å². The fraction of sp³-hybridized carbons (Fsp3) is 0.368. The second kappa shape index (κ2) is 6.73. The third kappa shape index (κ3) is 4.17. The molecule has 2 aromatic rings. The van der Waals surface area contributed by atoms with E-state index >= 15 is 0 Å². The Kier molecular flexibility index (Phi) is 4.96. The Morgan fingerprint density at radius 1 is 1.14 bits per heavy atom. The first-order valence-electron chi connectivity index (χ1n) is 7.68. The van der Waals surface area contributed by atoms with Crippen LogP contribution in [-0.4, -0.2) is 16.9 Å². The van der Waals surface area contributed by atoms with E-state index in [9.17, 15) is 4.79 Å². The molecule has 1 heterocycles. The van der Waals surface area contributed by atoms with Crippen LogP contribution in [0.5, 0.6) is 0 Å².